The molecule has 6 N–H and O–H groups in total. The molecule has 23 heteroatoms. The molecule has 2 heterocycles. The molecule has 11 atom stereocenters. The van der Waals surface area contributed by atoms with E-state index in [2.05, 4.69) is 63.9 Å². The van der Waals surface area contributed by atoms with Gasteiger partial charge in [0.15, 0.2) is 34.5 Å². The van der Waals surface area contributed by atoms with Crippen LogP contribution in [0.25, 0.3) is 0 Å². The largest absolute Gasteiger partial charge is 0.493 e. The van der Waals surface area contributed by atoms with Crippen LogP contribution in [0.2, 0.25) is 0 Å². The fourth-order valence-electron chi connectivity index (χ4n) is 16.2. The van der Waals surface area contributed by atoms with Gasteiger partial charge in [-0.3, -0.25) is 9.80 Å². The average molecular weight is 1630 g/mol. The van der Waals surface area contributed by atoms with Crippen LogP contribution in [0, 0.1) is 0 Å². The predicted octanol–water partition coefficient (Wildman–Crippen LogP) is 12.3. The highest BCUT2D eigenvalue weighted by Crippen LogP contribution is 2.35. The van der Waals surface area contributed by atoms with Crippen LogP contribution in [-0.2, 0) is 66.9 Å². The van der Waals surface area contributed by atoms with E-state index in [-0.39, 0.29) is 50.3 Å². The molecule has 0 amide bonds. The van der Waals surface area contributed by atoms with Gasteiger partial charge in [-0.1, -0.05) is 107 Å². The molecule has 5 fully saturated rings. The van der Waals surface area contributed by atoms with Crippen molar-refractivity contribution >= 4 is 0 Å². The number of likely N-dealkylation sites (tertiary alicyclic amines) is 2. The zero-order chi connectivity index (χ0) is 82.8. The maximum absolute atomic E-state index is 10.5. The van der Waals surface area contributed by atoms with Crippen LogP contribution in [0.1, 0.15) is 137 Å². The Labute approximate surface area is 698 Å². The summed E-state index contributed by atoms with van der Waals surface area (Å²) in [5, 5.41) is 41.3. The van der Waals surface area contributed by atoms with E-state index >= 15 is 0 Å². The van der Waals surface area contributed by atoms with Crippen molar-refractivity contribution in [3.05, 3.63) is 161 Å². The Bertz CT molecular complexity index is 3660. The molecule has 5 unspecified atom stereocenters. The van der Waals surface area contributed by atoms with Gasteiger partial charge in [-0.25, -0.2) is 0 Å². The minimum Gasteiger partial charge on any atom is -0.493 e. The second-order valence-electron chi connectivity index (χ2n) is 31.8. The van der Waals surface area contributed by atoms with Crippen LogP contribution in [0.4, 0.5) is 0 Å². The van der Waals surface area contributed by atoms with Crippen LogP contribution in [-0.4, -0.2) is 260 Å². The molecule has 0 bridgehead atoms. The maximum atomic E-state index is 10.5. The number of aliphatic hydroxyl groups is 3. The highest BCUT2D eigenvalue weighted by Gasteiger charge is 2.37. The highest BCUT2D eigenvalue weighted by molar-refractivity contribution is 5.45. The van der Waals surface area contributed by atoms with Crippen molar-refractivity contribution in [2.75, 3.05) is 162 Å². The Hall–Kier alpha value is -7.04. The summed E-state index contributed by atoms with van der Waals surface area (Å²) in [6, 6.07) is 44.1. The van der Waals surface area contributed by atoms with Crippen LogP contribution < -0.4 is 58.6 Å². The average Bonchev–Trinajstić information content (AvgIpc) is 1.75. The molecule has 3 aliphatic carbocycles. The van der Waals surface area contributed by atoms with Crippen molar-refractivity contribution in [2.45, 2.75) is 215 Å². The molecule has 0 aromatic heterocycles. The third kappa shape index (κ3) is 32.8. The number of ether oxygens (including phenoxy) is 15. The normalized spacial score (nSPS) is 21.1. The van der Waals surface area contributed by atoms with E-state index < -0.39 is 18.3 Å². The standard InChI is InChI=1S/C34H52N2O6.C32H48N2O6.C28H41NO6/c1-25(2)35-22-28(37)24-42-29-12-9-26(10-13-29)16-19-40-30-15-18-36(23-30)31-7-5-6-8-32(31)41-20-17-27-11-14-33(38-3)34(21-27)39-4;1-36-18-15-24-8-11-28(12-9-24)40-23-27(35)21-33-26-14-17-34(22-26)29-6-4-5-7-30(29)39-19-16-25-10-13-31(37-2)32(20-25)38-3;1-31-16-14-21-8-11-24(12-9-21)35-20-23(30)19-29-25-6-4-5-7-26(25)34-17-15-22-10-13-27(32-2)28(18-22)33-3/h9-14,21,25,28,30-32,35,37H,5-8,15-20,22-24H2,1-4H3;8-13,20,26-27,29-30,33,35H,4-7,14-19,21-23H2,1-3H3;8-13,18,23,25-26,29-30H,4-7,14-17,19-20H2,1-3H3/t28?,30-,31?,32+;26-,27?,29-,30+;23?,25?,26-/m110/s1. The number of benzene rings is 6. The van der Waals surface area contributed by atoms with Crippen molar-refractivity contribution in [3.63, 3.8) is 0 Å². The fraction of sp³-hybridized carbons (Fsp3) is 0.617. The lowest BCUT2D eigenvalue weighted by molar-refractivity contribution is -0.0343. The summed E-state index contributed by atoms with van der Waals surface area (Å²) in [7, 11) is 13.4. The molecule has 23 nitrogen and oxygen atoms in total. The number of hydrogen-bond donors (Lipinski definition) is 6. The Morgan fingerprint density at radius 2 is 0.701 bits per heavy atom. The number of nitrogens with one attached hydrogen (secondary N) is 3. The molecule has 2 aliphatic heterocycles. The Morgan fingerprint density at radius 3 is 1.13 bits per heavy atom. The fourth-order valence-corrected chi connectivity index (χ4v) is 16.2. The first-order valence-electron chi connectivity index (χ1n) is 43.1. The molecule has 0 spiro atoms. The molecule has 11 rings (SSSR count). The molecule has 6 aromatic carbocycles. The van der Waals surface area contributed by atoms with Crippen molar-refractivity contribution in [2.24, 2.45) is 0 Å². The van der Waals surface area contributed by atoms with Crippen LogP contribution in [0.3, 0.4) is 0 Å². The van der Waals surface area contributed by atoms with E-state index in [1.165, 1.54) is 79.2 Å². The lowest BCUT2D eigenvalue weighted by atomic mass is 9.91. The summed E-state index contributed by atoms with van der Waals surface area (Å²) in [5.74, 6) is 6.82. The predicted molar refractivity (Wildman–Crippen MR) is 459 cm³/mol. The first-order valence-corrected chi connectivity index (χ1v) is 43.1. The molecule has 3 saturated carbocycles. The second kappa shape index (κ2) is 52.9. The molecule has 6 aromatic rings. The SMILES string of the molecule is COCCc1ccc(OCC(O)CNC2CCCC[C@@H]2OCCc2ccc(OC)c(OC)c2)cc1.COCCc1ccc(OCC(O)CN[C@@H]2CCN([C@@H]3CCCC[C@@H]3OCCc3ccc(OC)c(OC)c3)C2)cc1.COc1ccc(CCO[C@H]2CCCCC2N2CC[C@@H](OCCc3ccc(OCC(O)CNC(C)C)cc3)C2)cc1OC. The van der Waals surface area contributed by atoms with Gasteiger partial charge >= 0.3 is 0 Å². The molecular weight excluding hydrogens is 1490 g/mol. The Kier molecular flexibility index (Phi) is 42.4. The summed E-state index contributed by atoms with van der Waals surface area (Å²) in [4.78, 5) is 5.22. The Morgan fingerprint density at radius 1 is 0.350 bits per heavy atom. The number of rotatable bonds is 48. The van der Waals surface area contributed by atoms with Gasteiger partial charge in [-0.2, -0.15) is 0 Å². The van der Waals surface area contributed by atoms with Crippen molar-refractivity contribution in [3.8, 4) is 51.7 Å². The van der Waals surface area contributed by atoms with Crippen LogP contribution >= 0.6 is 0 Å². The number of aliphatic hydroxyl groups excluding tert-OH is 3. The minimum atomic E-state index is -0.586. The molecule has 0 radical (unpaired) electrons. The smallest absolute Gasteiger partial charge is 0.160 e. The van der Waals surface area contributed by atoms with Crippen LogP contribution in [0.15, 0.2) is 127 Å². The van der Waals surface area contributed by atoms with Crippen molar-refractivity contribution in [1.29, 1.82) is 0 Å². The molecule has 5 aliphatic rings. The van der Waals surface area contributed by atoms with E-state index in [1.807, 2.05) is 103 Å². The van der Waals surface area contributed by atoms with E-state index in [0.717, 1.165) is 161 Å². The van der Waals surface area contributed by atoms with Gasteiger partial charge in [0.05, 0.1) is 107 Å². The summed E-state index contributed by atoms with van der Waals surface area (Å²) in [6.45, 7) is 14.8. The Balaban J connectivity index is 0.000000201. The summed E-state index contributed by atoms with van der Waals surface area (Å²) < 4.78 is 85.4. The summed E-state index contributed by atoms with van der Waals surface area (Å²) >= 11 is 0. The first kappa shape index (κ1) is 93.8. The summed E-state index contributed by atoms with van der Waals surface area (Å²) in [5.41, 5.74) is 7.20. The quantitative estimate of drug-likeness (QED) is 0.0208. The van der Waals surface area contributed by atoms with E-state index in [4.69, 9.17) is 71.1 Å². The second-order valence-corrected chi connectivity index (χ2v) is 31.8. The van der Waals surface area contributed by atoms with Gasteiger partial charge in [-0.05, 0) is 196 Å². The molecule has 117 heavy (non-hydrogen) atoms. The number of methoxy groups -OCH3 is 8. The number of hydrogen-bond acceptors (Lipinski definition) is 23. The van der Waals surface area contributed by atoms with Crippen molar-refractivity contribution in [1.82, 2.24) is 25.8 Å². The van der Waals surface area contributed by atoms with Gasteiger partial charge in [0.2, 0.25) is 0 Å². The zero-order valence-corrected chi connectivity index (χ0v) is 71.9. The first-order chi connectivity index (χ1) is 57.2. The van der Waals surface area contributed by atoms with Gasteiger partial charge in [0.1, 0.15) is 55.4 Å². The third-order valence-corrected chi connectivity index (χ3v) is 22.9. The zero-order valence-electron chi connectivity index (χ0n) is 71.9. The maximum Gasteiger partial charge on any atom is 0.160 e. The van der Waals surface area contributed by atoms with E-state index in [0.29, 0.717) is 83.4 Å². The lowest BCUT2D eigenvalue weighted by Crippen LogP contribution is -2.47. The molecule has 2 saturated heterocycles. The van der Waals surface area contributed by atoms with Gasteiger partial charge in [0, 0.05) is 90.2 Å². The van der Waals surface area contributed by atoms with E-state index in [9.17, 15) is 15.3 Å². The minimum absolute atomic E-state index is 0.150. The van der Waals surface area contributed by atoms with E-state index in [1.54, 1.807) is 56.9 Å². The highest BCUT2D eigenvalue weighted by atomic mass is 16.5. The topological polar surface area (TPSA) is 242 Å². The van der Waals surface area contributed by atoms with Gasteiger partial charge in [-0.15, -0.1) is 0 Å². The lowest BCUT2D eigenvalue weighted by Gasteiger charge is -2.38. The van der Waals surface area contributed by atoms with Gasteiger partial charge in [0.25, 0.3) is 0 Å². The molecular formula is C94H141N5O18. The number of nitrogens with zero attached hydrogens (tertiary/aromatic N) is 2. The van der Waals surface area contributed by atoms with Gasteiger partial charge < -0.3 is 102 Å². The summed E-state index contributed by atoms with van der Waals surface area (Å²) in [6.07, 6.45) is 20.7. The third-order valence-electron chi connectivity index (χ3n) is 22.9. The van der Waals surface area contributed by atoms with Crippen LogP contribution in [0.5, 0.6) is 51.7 Å². The van der Waals surface area contributed by atoms with Crippen molar-refractivity contribution < 1.29 is 86.4 Å². The molecule has 650 valence electrons. The monoisotopic (exact) mass is 1630 g/mol.